The lowest BCUT2D eigenvalue weighted by atomic mass is 10.1. The number of ether oxygens (including phenoxy) is 2. The van der Waals surface area contributed by atoms with Crippen molar-refractivity contribution >= 4 is 5.82 Å². The Labute approximate surface area is 118 Å². The fourth-order valence-corrected chi connectivity index (χ4v) is 2.20. The van der Waals surface area contributed by atoms with E-state index in [0.717, 1.165) is 11.3 Å². The zero-order valence-corrected chi connectivity index (χ0v) is 12.3. The Morgan fingerprint density at radius 1 is 1.20 bits per heavy atom. The normalized spacial score (nSPS) is 10.8. The van der Waals surface area contributed by atoms with Crippen molar-refractivity contribution in [2.24, 2.45) is 0 Å². The Kier molecular flexibility index (Phi) is 4.12. The molecule has 0 saturated carbocycles. The summed E-state index contributed by atoms with van der Waals surface area (Å²) in [6, 6.07) is 5.79. The predicted molar refractivity (Wildman–Crippen MR) is 77.2 cm³/mol. The molecule has 0 amide bonds. The van der Waals surface area contributed by atoms with Crippen LogP contribution in [0.5, 0.6) is 11.5 Å². The van der Waals surface area contributed by atoms with Gasteiger partial charge in [-0.15, -0.1) is 5.10 Å². The molecule has 0 unspecified atom stereocenters. The Balaban J connectivity index is 2.31. The van der Waals surface area contributed by atoms with Gasteiger partial charge in [-0.3, -0.25) is 0 Å². The van der Waals surface area contributed by atoms with Crippen molar-refractivity contribution in [1.29, 1.82) is 0 Å². The van der Waals surface area contributed by atoms with E-state index in [4.69, 9.17) is 15.2 Å². The first-order valence-electron chi connectivity index (χ1n) is 6.46. The third-order valence-electron chi connectivity index (χ3n) is 3.13. The van der Waals surface area contributed by atoms with Crippen LogP contribution in [0.4, 0.5) is 5.82 Å². The number of hydrogen-bond donors (Lipinski definition) is 1. The van der Waals surface area contributed by atoms with Gasteiger partial charge in [-0.1, -0.05) is 25.1 Å². The maximum Gasteiger partial charge on any atom is 0.169 e. The molecule has 0 aliphatic rings. The lowest BCUT2D eigenvalue weighted by Crippen LogP contribution is -2.09. The van der Waals surface area contributed by atoms with E-state index in [1.807, 2.05) is 22.9 Å². The van der Waals surface area contributed by atoms with Crippen LogP contribution in [0, 0.1) is 0 Å². The Morgan fingerprint density at radius 3 is 2.50 bits per heavy atom. The number of benzene rings is 1. The fourth-order valence-electron chi connectivity index (χ4n) is 2.20. The molecule has 0 fully saturated rings. The van der Waals surface area contributed by atoms with Crippen LogP contribution < -0.4 is 15.2 Å². The summed E-state index contributed by atoms with van der Waals surface area (Å²) < 4.78 is 12.4. The average Bonchev–Trinajstić information content (AvgIpc) is 2.79. The van der Waals surface area contributed by atoms with E-state index in [2.05, 4.69) is 24.2 Å². The van der Waals surface area contributed by atoms with Crippen molar-refractivity contribution in [3.63, 3.8) is 0 Å². The second kappa shape index (κ2) is 5.81. The van der Waals surface area contributed by atoms with Gasteiger partial charge in [-0.05, 0) is 23.6 Å². The summed E-state index contributed by atoms with van der Waals surface area (Å²) in [6.07, 6.45) is 0. The highest BCUT2D eigenvalue weighted by atomic mass is 16.5. The van der Waals surface area contributed by atoms with Gasteiger partial charge in [0.1, 0.15) is 0 Å². The minimum absolute atomic E-state index is 0.269. The smallest absolute Gasteiger partial charge is 0.169 e. The van der Waals surface area contributed by atoms with Crippen LogP contribution in [0.1, 0.15) is 31.0 Å². The summed E-state index contributed by atoms with van der Waals surface area (Å²) in [5, 5.41) is 8.05. The second-order valence-electron chi connectivity index (χ2n) is 4.86. The van der Waals surface area contributed by atoms with E-state index in [9.17, 15) is 0 Å². The van der Waals surface area contributed by atoms with Gasteiger partial charge in [0, 0.05) is 0 Å². The van der Waals surface area contributed by atoms with Crippen LogP contribution in [0.3, 0.4) is 0 Å². The molecular weight excluding hydrogens is 256 g/mol. The summed E-state index contributed by atoms with van der Waals surface area (Å²) in [7, 11) is 3.24. The van der Waals surface area contributed by atoms with Gasteiger partial charge in [0.25, 0.3) is 0 Å². The third-order valence-corrected chi connectivity index (χ3v) is 3.13. The molecular formula is C14H20N4O2. The number of anilines is 1. The van der Waals surface area contributed by atoms with E-state index < -0.39 is 0 Å². The molecule has 2 rings (SSSR count). The van der Waals surface area contributed by atoms with Crippen molar-refractivity contribution in [2.45, 2.75) is 26.3 Å². The SMILES string of the molecule is COc1ccc(Cn2nnc(N)c2C(C)C)cc1OC. The van der Waals surface area contributed by atoms with Crippen molar-refractivity contribution < 1.29 is 9.47 Å². The molecule has 1 aromatic heterocycles. The Hall–Kier alpha value is -2.24. The lowest BCUT2D eigenvalue weighted by molar-refractivity contribution is 0.354. The van der Waals surface area contributed by atoms with E-state index >= 15 is 0 Å². The van der Waals surface area contributed by atoms with Crippen LogP contribution in [-0.2, 0) is 6.54 Å². The molecule has 2 aromatic rings. The summed E-state index contributed by atoms with van der Waals surface area (Å²) >= 11 is 0. The quantitative estimate of drug-likeness (QED) is 0.904. The number of nitrogens with zero attached hydrogens (tertiary/aromatic N) is 3. The molecule has 0 atom stereocenters. The molecule has 108 valence electrons. The monoisotopic (exact) mass is 276 g/mol. The first kappa shape index (κ1) is 14.2. The second-order valence-corrected chi connectivity index (χ2v) is 4.86. The summed E-state index contributed by atoms with van der Waals surface area (Å²) in [4.78, 5) is 0. The van der Waals surface area contributed by atoms with E-state index in [0.29, 0.717) is 23.9 Å². The molecule has 1 heterocycles. The van der Waals surface area contributed by atoms with Crippen molar-refractivity contribution in [1.82, 2.24) is 15.0 Å². The standard InChI is InChI=1S/C14H20N4O2/c1-9(2)13-14(15)16-17-18(13)8-10-5-6-11(19-3)12(7-10)20-4/h5-7,9H,8,15H2,1-4H3. The van der Waals surface area contributed by atoms with E-state index in [1.54, 1.807) is 14.2 Å². The van der Waals surface area contributed by atoms with Crippen LogP contribution in [-0.4, -0.2) is 29.2 Å². The Morgan fingerprint density at radius 2 is 1.90 bits per heavy atom. The molecule has 0 saturated heterocycles. The number of hydrogen-bond acceptors (Lipinski definition) is 5. The molecule has 2 N–H and O–H groups in total. The van der Waals surface area contributed by atoms with Gasteiger partial charge < -0.3 is 15.2 Å². The van der Waals surface area contributed by atoms with Gasteiger partial charge in [0.2, 0.25) is 0 Å². The zero-order chi connectivity index (χ0) is 14.7. The largest absolute Gasteiger partial charge is 0.493 e. The number of aromatic nitrogens is 3. The molecule has 20 heavy (non-hydrogen) atoms. The number of rotatable bonds is 5. The molecule has 0 spiro atoms. The predicted octanol–water partition coefficient (Wildman–Crippen LogP) is 2.05. The average molecular weight is 276 g/mol. The minimum Gasteiger partial charge on any atom is -0.493 e. The van der Waals surface area contributed by atoms with Crippen LogP contribution >= 0.6 is 0 Å². The van der Waals surface area contributed by atoms with Gasteiger partial charge >= 0.3 is 0 Å². The number of nitrogens with two attached hydrogens (primary N) is 1. The fraction of sp³-hybridized carbons (Fsp3) is 0.429. The number of methoxy groups -OCH3 is 2. The van der Waals surface area contributed by atoms with Crippen molar-refractivity contribution in [2.75, 3.05) is 20.0 Å². The van der Waals surface area contributed by atoms with Crippen LogP contribution in [0.2, 0.25) is 0 Å². The lowest BCUT2D eigenvalue weighted by Gasteiger charge is -2.12. The first-order chi connectivity index (χ1) is 9.56. The van der Waals surface area contributed by atoms with E-state index in [-0.39, 0.29) is 5.92 Å². The van der Waals surface area contributed by atoms with Crippen molar-refractivity contribution in [3.8, 4) is 11.5 Å². The van der Waals surface area contributed by atoms with E-state index in [1.165, 1.54) is 0 Å². The molecule has 1 aromatic carbocycles. The highest BCUT2D eigenvalue weighted by molar-refractivity contribution is 5.43. The highest BCUT2D eigenvalue weighted by Crippen LogP contribution is 2.28. The van der Waals surface area contributed by atoms with Gasteiger partial charge in [0.05, 0.1) is 26.5 Å². The maximum atomic E-state index is 5.86. The van der Waals surface area contributed by atoms with Gasteiger partial charge in [-0.25, -0.2) is 4.68 Å². The first-order valence-corrected chi connectivity index (χ1v) is 6.46. The van der Waals surface area contributed by atoms with Gasteiger partial charge in [0.15, 0.2) is 17.3 Å². The topological polar surface area (TPSA) is 75.2 Å². The molecule has 0 aliphatic carbocycles. The summed E-state index contributed by atoms with van der Waals surface area (Å²) in [5.74, 6) is 2.16. The third kappa shape index (κ3) is 2.68. The zero-order valence-electron chi connectivity index (χ0n) is 12.3. The molecule has 0 radical (unpaired) electrons. The van der Waals surface area contributed by atoms with Crippen LogP contribution in [0.25, 0.3) is 0 Å². The summed E-state index contributed by atoms with van der Waals surface area (Å²) in [6.45, 7) is 4.73. The summed E-state index contributed by atoms with van der Waals surface area (Å²) in [5.41, 5.74) is 7.85. The molecule has 0 aliphatic heterocycles. The van der Waals surface area contributed by atoms with Crippen molar-refractivity contribution in [3.05, 3.63) is 29.5 Å². The van der Waals surface area contributed by atoms with Crippen LogP contribution in [0.15, 0.2) is 18.2 Å². The van der Waals surface area contributed by atoms with Gasteiger partial charge in [-0.2, -0.15) is 0 Å². The highest BCUT2D eigenvalue weighted by Gasteiger charge is 2.14. The molecule has 6 nitrogen and oxygen atoms in total. The number of nitrogen functional groups attached to an aromatic ring is 1. The molecule has 0 bridgehead atoms. The molecule has 6 heteroatoms. The Bertz CT molecular complexity index is 593. The minimum atomic E-state index is 0.269. The maximum absolute atomic E-state index is 5.86.